The molecule has 0 radical (unpaired) electrons. The van der Waals surface area contributed by atoms with E-state index in [0.29, 0.717) is 22.6 Å². The highest BCUT2D eigenvalue weighted by Gasteiger charge is 2.31. The van der Waals surface area contributed by atoms with Crippen LogP contribution >= 0.6 is 31.9 Å². The second kappa shape index (κ2) is 7.17. The molecular weight excluding hydrogens is 392 g/mol. The normalized spacial score (nSPS) is 11.2. The molecule has 1 amide bonds. The Hall–Kier alpha value is -0.950. The van der Waals surface area contributed by atoms with Crippen molar-refractivity contribution in [2.45, 2.75) is 25.8 Å². The number of nitro groups is 1. The van der Waals surface area contributed by atoms with Gasteiger partial charge in [-0.3, -0.25) is 14.9 Å². The number of hydrogen-bond donors (Lipinski definition) is 1. The van der Waals surface area contributed by atoms with Crippen LogP contribution in [0.1, 0.15) is 29.3 Å². The molecule has 0 aliphatic carbocycles. The van der Waals surface area contributed by atoms with E-state index in [4.69, 9.17) is 0 Å². The molecule has 5 nitrogen and oxygen atoms in total. The SMILES string of the molecule is CCC(CBr)(CBr)NC(=O)c1c(C)cccc1[N+](=O)[O-]. The third-order valence-corrected chi connectivity index (χ3v) is 5.39. The summed E-state index contributed by atoms with van der Waals surface area (Å²) in [5, 5.41) is 15.1. The van der Waals surface area contributed by atoms with E-state index < -0.39 is 16.4 Å². The van der Waals surface area contributed by atoms with Gasteiger partial charge < -0.3 is 5.32 Å². The van der Waals surface area contributed by atoms with Crippen LogP contribution in [0, 0.1) is 17.0 Å². The summed E-state index contributed by atoms with van der Waals surface area (Å²) in [4.78, 5) is 23.0. The maximum Gasteiger partial charge on any atom is 0.282 e. The van der Waals surface area contributed by atoms with Gasteiger partial charge in [0.15, 0.2) is 0 Å². The molecule has 1 rings (SSSR count). The van der Waals surface area contributed by atoms with Crippen LogP contribution in [0.25, 0.3) is 0 Å². The molecule has 0 fully saturated rings. The van der Waals surface area contributed by atoms with Crippen LogP contribution in [0.5, 0.6) is 0 Å². The van der Waals surface area contributed by atoms with Crippen molar-refractivity contribution >= 4 is 43.5 Å². The summed E-state index contributed by atoms with van der Waals surface area (Å²) in [5.74, 6) is -0.421. The van der Waals surface area contributed by atoms with Crippen LogP contribution in [0.4, 0.5) is 5.69 Å². The van der Waals surface area contributed by atoms with Crippen molar-refractivity contribution in [3.8, 4) is 0 Å². The molecule has 0 unspecified atom stereocenters. The van der Waals surface area contributed by atoms with Gasteiger partial charge in [-0.1, -0.05) is 50.9 Å². The predicted molar refractivity (Wildman–Crippen MR) is 85.9 cm³/mol. The number of benzene rings is 1. The minimum absolute atomic E-state index is 0.122. The summed E-state index contributed by atoms with van der Waals surface area (Å²) in [6, 6.07) is 4.61. The fourth-order valence-electron chi connectivity index (χ4n) is 1.78. The van der Waals surface area contributed by atoms with Crippen LogP contribution in [-0.4, -0.2) is 27.0 Å². The van der Waals surface area contributed by atoms with Crippen LogP contribution in [0.15, 0.2) is 18.2 Å². The zero-order valence-corrected chi connectivity index (χ0v) is 14.5. The Morgan fingerprint density at radius 3 is 2.45 bits per heavy atom. The van der Waals surface area contributed by atoms with Crippen LogP contribution in [0.3, 0.4) is 0 Å². The first-order valence-electron chi connectivity index (χ1n) is 6.09. The zero-order chi connectivity index (χ0) is 15.3. The number of nitrogens with zero attached hydrogens (tertiary/aromatic N) is 1. The largest absolute Gasteiger partial charge is 0.345 e. The van der Waals surface area contributed by atoms with Gasteiger partial charge in [0.25, 0.3) is 11.6 Å². The molecule has 1 aromatic rings. The van der Waals surface area contributed by atoms with Crippen molar-refractivity contribution in [3.05, 3.63) is 39.4 Å². The molecule has 0 aromatic heterocycles. The van der Waals surface area contributed by atoms with Crippen molar-refractivity contribution < 1.29 is 9.72 Å². The number of nitro benzene ring substituents is 1. The molecular formula is C13H16Br2N2O3. The summed E-state index contributed by atoms with van der Waals surface area (Å²) >= 11 is 6.76. The number of halogens is 2. The Morgan fingerprint density at radius 1 is 1.40 bits per heavy atom. The van der Waals surface area contributed by atoms with Crippen molar-refractivity contribution in [2.24, 2.45) is 0 Å². The molecule has 0 saturated carbocycles. The van der Waals surface area contributed by atoms with E-state index in [2.05, 4.69) is 37.2 Å². The van der Waals surface area contributed by atoms with E-state index in [0.717, 1.165) is 0 Å². The lowest BCUT2D eigenvalue weighted by Gasteiger charge is -2.30. The van der Waals surface area contributed by atoms with E-state index in [1.807, 2.05) is 6.92 Å². The van der Waals surface area contributed by atoms with Gasteiger partial charge >= 0.3 is 0 Å². The van der Waals surface area contributed by atoms with Gasteiger partial charge in [-0.25, -0.2) is 0 Å². The monoisotopic (exact) mass is 406 g/mol. The first-order chi connectivity index (χ1) is 9.40. The fourth-order valence-corrected chi connectivity index (χ4v) is 3.78. The van der Waals surface area contributed by atoms with Gasteiger partial charge in [0, 0.05) is 16.7 Å². The second-order valence-corrected chi connectivity index (χ2v) is 5.70. The quantitative estimate of drug-likeness (QED) is 0.445. The van der Waals surface area contributed by atoms with Gasteiger partial charge in [0.1, 0.15) is 5.56 Å². The molecule has 0 saturated heterocycles. The molecule has 0 heterocycles. The maximum absolute atomic E-state index is 12.4. The lowest BCUT2D eigenvalue weighted by molar-refractivity contribution is -0.385. The smallest absolute Gasteiger partial charge is 0.282 e. The Balaban J connectivity index is 3.19. The van der Waals surface area contributed by atoms with Crippen molar-refractivity contribution in [1.29, 1.82) is 0 Å². The highest BCUT2D eigenvalue weighted by atomic mass is 79.9. The van der Waals surface area contributed by atoms with E-state index in [-0.39, 0.29) is 11.3 Å². The molecule has 110 valence electrons. The van der Waals surface area contributed by atoms with Crippen LogP contribution in [-0.2, 0) is 0 Å². The fraction of sp³-hybridized carbons (Fsp3) is 0.462. The Labute approximate surface area is 134 Å². The number of amides is 1. The highest BCUT2D eigenvalue weighted by Crippen LogP contribution is 2.24. The summed E-state index contributed by atoms with van der Waals surface area (Å²) in [7, 11) is 0. The minimum Gasteiger partial charge on any atom is -0.345 e. The van der Waals surface area contributed by atoms with Crippen LogP contribution in [0.2, 0.25) is 0 Å². The van der Waals surface area contributed by atoms with Gasteiger partial charge in [-0.2, -0.15) is 0 Å². The summed E-state index contributed by atoms with van der Waals surface area (Å²) in [6.07, 6.45) is 0.703. The lowest BCUT2D eigenvalue weighted by atomic mass is 9.99. The van der Waals surface area contributed by atoms with Gasteiger partial charge in [-0.15, -0.1) is 0 Å². The number of alkyl halides is 2. The zero-order valence-electron chi connectivity index (χ0n) is 11.3. The molecule has 20 heavy (non-hydrogen) atoms. The first kappa shape index (κ1) is 17.1. The topological polar surface area (TPSA) is 72.2 Å². The standard InChI is InChI=1S/C13H16Br2N2O3/c1-3-13(7-14,8-15)16-12(18)11-9(2)5-4-6-10(11)17(19)20/h4-6H,3,7-8H2,1-2H3,(H,16,18). The van der Waals surface area contributed by atoms with E-state index in [9.17, 15) is 14.9 Å². The summed E-state index contributed by atoms with van der Waals surface area (Å²) in [5.41, 5.74) is 0.0764. The number of nitrogens with one attached hydrogen (secondary N) is 1. The van der Waals surface area contributed by atoms with Gasteiger partial charge in [0.05, 0.1) is 10.5 Å². The number of rotatable bonds is 6. The predicted octanol–water partition coefficient (Wildman–Crippen LogP) is 3.57. The number of carbonyl (C=O) groups excluding carboxylic acids is 1. The van der Waals surface area contributed by atoms with Crippen molar-refractivity contribution in [2.75, 3.05) is 10.7 Å². The van der Waals surface area contributed by atoms with Gasteiger partial charge in [-0.05, 0) is 18.9 Å². The van der Waals surface area contributed by atoms with Crippen LogP contribution < -0.4 is 5.32 Å². The Kier molecular flexibility index (Phi) is 6.13. The van der Waals surface area contributed by atoms with Crippen molar-refractivity contribution in [3.63, 3.8) is 0 Å². The molecule has 0 spiro atoms. The molecule has 0 aliphatic rings. The minimum atomic E-state index is -0.530. The number of aryl methyl sites for hydroxylation is 1. The molecule has 1 N–H and O–H groups in total. The average molecular weight is 408 g/mol. The summed E-state index contributed by atoms with van der Waals surface area (Å²) < 4.78 is 0. The number of carbonyl (C=O) groups is 1. The molecule has 7 heteroatoms. The third-order valence-electron chi connectivity index (χ3n) is 3.24. The van der Waals surface area contributed by atoms with E-state index in [1.165, 1.54) is 6.07 Å². The Bertz CT molecular complexity index is 508. The second-order valence-electron chi connectivity index (χ2n) is 4.58. The third kappa shape index (κ3) is 3.58. The molecule has 0 atom stereocenters. The molecule has 0 aliphatic heterocycles. The number of hydrogen-bond acceptors (Lipinski definition) is 3. The van der Waals surface area contributed by atoms with Crippen molar-refractivity contribution in [1.82, 2.24) is 5.32 Å². The maximum atomic E-state index is 12.4. The highest BCUT2D eigenvalue weighted by molar-refractivity contribution is 9.09. The average Bonchev–Trinajstić information content (AvgIpc) is 2.44. The lowest BCUT2D eigenvalue weighted by Crippen LogP contribution is -2.51. The van der Waals surface area contributed by atoms with Gasteiger partial charge in [0.2, 0.25) is 0 Å². The summed E-state index contributed by atoms with van der Waals surface area (Å²) in [6.45, 7) is 3.65. The first-order valence-corrected chi connectivity index (χ1v) is 8.33. The molecule has 0 bridgehead atoms. The Morgan fingerprint density at radius 2 is 2.00 bits per heavy atom. The van der Waals surface area contributed by atoms with E-state index in [1.54, 1.807) is 19.1 Å². The van der Waals surface area contributed by atoms with E-state index >= 15 is 0 Å². The molecule has 1 aromatic carbocycles.